The number of sulfonamides is 1. The van der Waals surface area contributed by atoms with Crippen molar-refractivity contribution in [2.45, 2.75) is 30.6 Å². The lowest BCUT2D eigenvalue weighted by atomic mass is 10.2. The number of benzene rings is 1. The second-order valence-corrected chi connectivity index (χ2v) is 8.70. The van der Waals surface area contributed by atoms with Gasteiger partial charge in [-0.1, -0.05) is 17.7 Å². The van der Waals surface area contributed by atoms with Crippen LogP contribution in [0.3, 0.4) is 0 Å². The maximum absolute atomic E-state index is 12.7. The molecule has 0 aliphatic carbocycles. The molecular formula is C19H21ClN2O4S. The van der Waals surface area contributed by atoms with Crippen molar-refractivity contribution >= 4 is 27.6 Å². The van der Waals surface area contributed by atoms with Crippen LogP contribution in [-0.4, -0.2) is 43.4 Å². The van der Waals surface area contributed by atoms with E-state index in [1.807, 2.05) is 12.1 Å². The number of aryl methyl sites for hydroxylation is 1. The molecule has 1 fully saturated rings. The molecule has 0 radical (unpaired) electrons. The summed E-state index contributed by atoms with van der Waals surface area (Å²) in [4.78, 5) is 16.5. The van der Waals surface area contributed by atoms with Crippen LogP contribution in [0.15, 0.2) is 47.6 Å². The van der Waals surface area contributed by atoms with Crippen LogP contribution < -0.4 is 0 Å². The van der Waals surface area contributed by atoms with Gasteiger partial charge in [0.25, 0.3) is 0 Å². The Bertz CT molecular complexity index is 897. The van der Waals surface area contributed by atoms with Crippen molar-refractivity contribution in [1.29, 1.82) is 0 Å². The summed E-state index contributed by atoms with van der Waals surface area (Å²) in [7, 11) is -3.61. The predicted octanol–water partition coefficient (Wildman–Crippen LogP) is 3.31. The number of pyridine rings is 1. The van der Waals surface area contributed by atoms with Crippen molar-refractivity contribution in [3.63, 3.8) is 0 Å². The Kier molecular flexibility index (Phi) is 6.46. The summed E-state index contributed by atoms with van der Waals surface area (Å²) >= 11 is 6.09. The molecule has 0 bridgehead atoms. The highest BCUT2D eigenvalue weighted by Gasteiger charge is 2.28. The van der Waals surface area contributed by atoms with Gasteiger partial charge in [0, 0.05) is 25.5 Å². The highest BCUT2D eigenvalue weighted by molar-refractivity contribution is 7.89. The van der Waals surface area contributed by atoms with Crippen LogP contribution in [0.25, 0.3) is 0 Å². The quantitative estimate of drug-likeness (QED) is 0.519. The van der Waals surface area contributed by atoms with Crippen LogP contribution >= 0.6 is 11.6 Å². The van der Waals surface area contributed by atoms with Gasteiger partial charge in [0.2, 0.25) is 10.0 Å². The molecule has 2 heterocycles. The topological polar surface area (TPSA) is 76.6 Å². The first-order valence-electron chi connectivity index (χ1n) is 8.84. The lowest BCUT2D eigenvalue weighted by Gasteiger charge is -2.16. The lowest BCUT2D eigenvalue weighted by molar-refractivity contribution is 0.0500. The molecule has 144 valence electrons. The van der Waals surface area contributed by atoms with E-state index >= 15 is 0 Å². The van der Waals surface area contributed by atoms with Gasteiger partial charge in [-0.3, -0.25) is 4.98 Å². The number of carbonyl (C=O) groups is 1. The van der Waals surface area contributed by atoms with E-state index in [-0.39, 0.29) is 22.1 Å². The van der Waals surface area contributed by atoms with Gasteiger partial charge in [0.1, 0.15) is 0 Å². The largest absolute Gasteiger partial charge is 0.462 e. The van der Waals surface area contributed by atoms with Crippen LogP contribution in [0.2, 0.25) is 5.02 Å². The molecule has 1 aliphatic rings. The monoisotopic (exact) mass is 408 g/mol. The second-order valence-electron chi connectivity index (χ2n) is 6.35. The number of nitrogens with zero attached hydrogens (tertiary/aromatic N) is 2. The molecule has 0 atom stereocenters. The number of aromatic nitrogens is 1. The average molecular weight is 409 g/mol. The van der Waals surface area contributed by atoms with Crippen LogP contribution in [0.1, 0.15) is 35.2 Å². The number of ether oxygens (including phenoxy) is 1. The van der Waals surface area contributed by atoms with Gasteiger partial charge in [0.15, 0.2) is 0 Å². The summed E-state index contributed by atoms with van der Waals surface area (Å²) in [5, 5.41) is 0.174. The summed E-state index contributed by atoms with van der Waals surface area (Å²) in [5.74, 6) is -0.621. The van der Waals surface area contributed by atoms with E-state index in [0.29, 0.717) is 19.5 Å². The van der Waals surface area contributed by atoms with E-state index in [4.69, 9.17) is 16.3 Å². The molecule has 0 amide bonds. The standard InChI is InChI=1S/C19H21ClN2O4S/c20-18-8-7-16(27(24,25)22-10-1-2-11-22)13-17(18)19(23)26-12-4-6-15-5-3-9-21-14-15/h3,5,7-9,13-14H,1-2,4,6,10-12H2. The van der Waals surface area contributed by atoms with Crippen molar-refractivity contribution in [2.24, 2.45) is 0 Å². The van der Waals surface area contributed by atoms with E-state index in [2.05, 4.69) is 4.98 Å². The first-order chi connectivity index (χ1) is 13.0. The Balaban J connectivity index is 1.64. The minimum Gasteiger partial charge on any atom is -0.462 e. The number of hydrogen-bond acceptors (Lipinski definition) is 5. The van der Waals surface area contributed by atoms with Crippen LogP contribution in [0.4, 0.5) is 0 Å². The molecular weight excluding hydrogens is 388 g/mol. The molecule has 0 unspecified atom stereocenters. The lowest BCUT2D eigenvalue weighted by Crippen LogP contribution is -2.28. The summed E-state index contributed by atoms with van der Waals surface area (Å²) in [6.45, 7) is 1.21. The summed E-state index contributed by atoms with van der Waals surface area (Å²) in [5.41, 5.74) is 1.13. The predicted molar refractivity (Wildman–Crippen MR) is 102 cm³/mol. The molecule has 1 aliphatic heterocycles. The fraction of sp³-hybridized carbons (Fsp3) is 0.368. The Morgan fingerprint density at radius 2 is 2.00 bits per heavy atom. The maximum Gasteiger partial charge on any atom is 0.339 e. The molecule has 2 aromatic rings. The minimum absolute atomic E-state index is 0.0658. The molecule has 8 heteroatoms. The Labute approximate surface area is 164 Å². The van der Waals surface area contributed by atoms with Crippen molar-refractivity contribution < 1.29 is 17.9 Å². The fourth-order valence-electron chi connectivity index (χ4n) is 2.96. The van der Waals surface area contributed by atoms with E-state index < -0.39 is 16.0 Å². The van der Waals surface area contributed by atoms with Gasteiger partial charge in [-0.2, -0.15) is 4.31 Å². The summed E-state index contributed by atoms with van der Waals surface area (Å²) < 4.78 is 32.0. The first-order valence-corrected chi connectivity index (χ1v) is 10.7. The fourth-order valence-corrected chi connectivity index (χ4v) is 4.70. The smallest absolute Gasteiger partial charge is 0.339 e. The zero-order chi connectivity index (χ0) is 19.3. The van der Waals surface area contributed by atoms with Crippen LogP contribution in [0.5, 0.6) is 0 Å². The van der Waals surface area contributed by atoms with E-state index in [1.165, 1.54) is 22.5 Å². The molecule has 27 heavy (non-hydrogen) atoms. The zero-order valence-electron chi connectivity index (χ0n) is 14.8. The molecule has 0 saturated carbocycles. The van der Waals surface area contributed by atoms with Gasteiger partial charge >= 0.3 is 5.97 Å². The highest BCUT2D eigenvalue weighted by Crippen LogP contribution is 2.25. The molecule has 1 saturated heterocycles. The van der Waals surface area contributed by atoms with Crippen molar-refractivity contribution in [3.05, 3.63) is 58.9 Å². The third-order valence-electron chi connectivity index (χ3n) is 4.43. The Morgan fingerprint density at radius 3 is 2.70 bits per heavy atom. The summed E-state index contributed by atoms with van der Waals surface area (Å²) in [6, 6.07) is 7.97. The highest BCUT2D eigenvalue weighted by atomic mass is 35.5. The number of rotatable bonds is 7. The number of carbonyl (C=O) groups excluding carboxylic acids is 1. The Hall–Kier alpha value is -1.96. The summed E-state index contributed by atoms with van der Waals surface area (Å²) in [6.07, 6.45) is 6.54. The minimum atomic E-state index is -3.61. The molecule has 1 aromatic carbocycles. The molecule has 6 nitrogen and oxygen atoms in total. The van der Waals surface area contributed by atoms with E-state index in [1.54, 1.807) is 12.4 Å². The van der Waals surface area contributed by atoms with E-state index in [0.717, 1.165) is 24.8 Å². The first kappa shape index (κ1) is 19.8. The number of halogens is 1. The van der Waals surface area contributed by atoms with Gasteiger partial charge < -0.3 is 4.74 Å². The van der Waals surface area contributed by atoms with Gasteiger partial charge in [-0.05, 0) is 55.5 Å². The zero-order valence-corrected chi connectivity index (χ0v) is 16.4. The molecule has 3 rings (SSSR count). The number of esters is 1. The van der Waals surface area contributed by atoms with Crippen LogP contribution in [-0.2, 0) is 21.2 Å². The van der Waals surface area contributed by atoms with Crippen molar-refractivity contribution in [2.75, 3.05) is 19.7 Å². The molecule has 1 aromatic heterocycles. The van der Waals surface area contributed by atoms with Crippen molar-refractivity contribution in [1.82, 2.24) is 9.29 Å². The molecule has 0 spiro atoms. The van der Waals surface area contributed by atoms with Gasteiger partial charge in [-0.15, -0.1) is 0 Å². The number of hydrogen-bond donors (Lipinski definition) is 0. The van der Waals surface area contributed by atoms with E-state index in [9.17, 15) is 13.2 Å². The third-order valence-corrected chi connectivity index (χ3v) is 6.65. The molecule has 0 N–H and O–H groups in total. The van der Waals surface area contributed by atoms with Gasteiger partial charge in [-0.25, -0.2) is 13.2 Å². The maximum atomic E-state index is 12.7. The van der Waals surface area contributed by atoms with Crippen molar-refractivity contribution in [3.8, 4) is 0 Å². The average Bonchev–Trinajstić information content (AvgIpc) is 3.22. The normalized spacial score (nSPS) is 15.0. The van der Waals surface area contributed by atoms with Crippen LogP contribution in [0, 0.1) is 0 Å². The second kappa shape index (κ2) is 8.82. The third kappa shape index (κ3) is 4.86. The SMILES string of the molecule is O=C(OCCCc1cccnc1)c1cc(S(=O)(=O)N2CCCC2)ccc1Cl. The Morgan fingerprint density at radius 1 is 1.22 bits per heavy atom. The van der Waals surface area contributed by atoms with Gasteiger partial charge in [0.05, 0.1) is 22.1 Å².